The van der Waals surface area contributed by atoms with E-state index in [4.69, 9.17) is 24.3 Å². The van der Waals surface area contributed by atoms with Crippen molar-refractivity contribution >= 4 is 19.8 Å². The van der Waals surface area contributed by atoms with Gasteiger partial charge in [0.25, 0.3) is 0 Å². The van der Waals surface area contributed by atoms with Crippen molar-refractivity contribution in [1.29, 1.82) is 0 Å². The molecule has 0 fully saturated rings. The number of esters is 2. The second kappa shape index (κ2) is 62.0. The van der Waals surface area contributed by atoms with Crippen molar-refractivity contribution in [1.82, 2.24) is 0 Å². The molecule has 0 radical (unpaired) electrons. The van der Waals surface area contributed by atoms with Crippen LogP contribution < -0.4 is 5.73 Å². The molecule has 0 aliphatic rings. The van der Waals surface area contributed by atoms with Gasteiger partial charge in [0, 0.05) is 19.4 Å². The summed E-state index contributed by atoms with van der Waals surface area (Å²) in [7, 11) is -4.39. The summed E-state index contributed by atoms with van der Waals surface area (Å²) in [4.78, 5) is 35.3. The Morgan fingerprint density at radius 3 is 0.947 bits per heavy atom. The van der Waals surface area contributed by atoms with Gasteiger partial charge in [0.05, 0.1) is 13.2 Å². The van der Waals surface area contributed by atoms with E-state index in [1.807, 2.05) is 0 Å². The van der Waals surface area contributed by atoms with Crippen LogP contribution in [0.25, 0.3) is 0 Å². The third kappa shape index (κ3) is 61.8. The van der Waals surface area contributed by atoms with Gasteiger partial charge in [0.2, 0.25) is 0 Å². The van der Waals surface area contributed by atoms with E-state index in [0.29, 0.717) is 6.42 Å². The van der Waals surface area contributed by atoms with Crippen LogP contribution in [-0.4, -0.2) is 49.3 Å². The molecule has 0 heterocycles. The van der Waals surface area contributed by atoms with E-state index in [1.165, 1.54) is 295 Å². The molecule has 0 rings (SSSR count). The maximum absolute atomic E-state index is 12.7. The number of hydrogen-bond donors (Lipinski definition) is 2. The summed E-state index contributed by atoms with van der Waals surface area (Å²) in [5.41, 5.74) is 5.40. The van der Waals surface area contributed by atoms with Crippen molar-refractivity contribution in [2.24, 2.45) is 5.73 Å². The minimum Gasteiger partial charge on any atom is -0.462 e. The number of carbonyl (C=O) groups is 2. The SMILES string of the molecule is CCCCCCCCCC/C=C\CCCCCCCCCCCCCCCC(=O)OC(COC(=O)CCCCCCCCCCCCCCCCCCCCCCCCCCCCCCC)COP(=O)(O)OCCN. The Balaban J connectivity index is 3.84. The number of unbranched alkanes of at least 4 members (excludes halogenated alkanes) is 49. The zero-order valence-electron chi connectivity index (χ0n) is 50.1. The van der Waals surface area contributed by atoms with Crippen LogP contribution in [0.5, 0.6) is 0 Å². The van der Waals surface area contributed by atoms with Crippen LogP contribution in [0.4, 0.5) is 0 Å². The van der Waals surface area contributed by atoms with Gasteiger partial charge >= 0.3 is 19.8 Å². The van der Waals surface area contributed by atoms with Crippen LogP contribution in [0.2, 0.25) is 0 Å². The lowest BCUT2D eigenvalue weighted by Crippen LogP contribution is -2.29. The monoisotopic (exact) mass is 1080 g/mol. The van der Waals surface area contributed by atoms with E-state index in [-0.39, 0.29) is 38.6 Å². The van der Waals surface area contributed by atoms with E-state index in [2.05, 4.69) is 26.0 Å². The quantitative estimate of drug-likeness (QED) is 0.0264. The van der Waals surface area contributed by atoms with Gasteiger partial charge in [-0.25, -0.2) is 4.57 Å². The first-order valence-corrected chi connectivity index (χ1v) is 34.7. The van der Waals surface area contributed by atoms with Crippen molar-refractivity contribution in [2.75, 3.05) is 26.4 Å². The van der Waals surface area contributed by atoms with Crippen molar-refractivity contribution in [3.63, 3.8) is 0 Å². The molecule has 0 aromatic rings. The average molecular weight is 1080 g/mol. The summed E-state index contributed by atoms with van der Waals surface area (Å²) in [6, 6.07) is 0. The minimum atomic E-state index is -4.39. The molecule has 10 heteroatoms. The van der Waals surface area contributed by atoms with E-state index in [1.54, 1.807) is 0 Å². The normalized spacial score (nSPS) is 13.0. The molecule has 0 saturated heterocycles. The Morgan fingerprint density at radius 1 is 0.387 bits per heavy atom. The summed E-state index contributed by atoms with van der Waals surface area (Å²) in [5.74, 6) is -0.803. The average Bonchev–Trinajstić information content (AvgIpc) is 3.40. The Labute approximate surface area is 466 Å². The lowest BCUT2D eigenvalue weighted by atomic mass is 10.0. The van der Waals surface area contributed by atoms with Gasteiger partial charge in [0.1, 0.15) is 6.61 Å². The first-order chi connectivity index (χ1) is 36.8. The molecular weight excluding hydrogens is 954 g/mol. The van der Waals surface area contributed by atoms with Gasteiger partial charge in [-0.3, -0.25) is 18.6 Å². The summed E-state index contributed by atoms with van der Waals surface area (Å²) in [5, 5.41) is 0. The number of phosphoric ester groups is 1. The molecule has 3 N–H and O–H groups in total. The largest absolute Gasteiger partial charge is 0.472 e. The van der Waals surface area contributed by atoms with Gasteiger partial charge < -0.3 is 20.1 Å². The van der Waals surface area contributed by atoms with Gasteiger partial charge in [-0.2, -0.15) is 0 Å². The summed E-state index contributed by atoms with van der Waals surface area (Å²) in [6.45, 7) is 3.83. The Hall–Kier alpha value is -1.25. The molecular formula is C65H128NO8P. The summed E-state index contributed by atoms with van der Waals surface area (Å²) < 4.78 is 33.1. The minimum absolute atomic E-state index is 0.0572. The van der Waals surface area contributed by atoms with Crippen molar-refractivity contribution in [3.8, 4) is 0 Å². The predicted molar refractivity (Wildman–Crippen MR) is 321 cm³/mol. The fourth-order valence-corrected chi connectivity index (χ4v) is 11.0. The Morgan fingerprint density at radius 2 is 0.653 bits per heavy atom. The van der Waals surface area contributed by atoms with E-state index in [0.717, 1.165) is 32.1 Å². The van der Waals surface area contributed by atoms with Crippen LogP contribution in [0.3, 0.4) is 0 Å². The smallest absolute Gasteiger partial charge is 0.462 e. The second-order valence-corrected chi connectivity index (χ2v) is 24.2. The molecule has 0 saturated carbocycles. The van der Waals surface area contributed by atoms with Gasteiger partial charge in [-0.15, -0.1) is 0 Å². The third-order valence-corrected chi connectivity index (χ3v) is 16.1. The highest BCUT2D eigenvalue weighted by Crippen LogP contribution is 2.43. The maximum Gasteiger partial charge on any atom is 0.472 e. The van der Waals surface area contributed by atoms with Gasteiger partial charge in [-0.05, 0) is 38.5 Å². The fourth-order valence-electron chi connectivity index (χ4n) is 10.2. The first-order valence-electron chi connectivity index (χ1n) is 33.2. The first kappa shape index (κ1) is 73.8. The number of carbonyl (C=O) groups excluding carboxylic acids is 2. The van der Waals surface area contributed by atoms with Crippen molar-refractivity contribution in [2.45, 2.75) is 367 Å². The van der Waals surface area contributed by atoms with Crippen LogP contribution in [0.15, 0.2) is 12.2 Å². The number of nitrogens with two attached hydrogens (primary N) is 1. The van der Waals surface area contributed by atoms with E-state index < -0.39 is 26.5 Å². The molecule has 0 bridgehead atoms. The Bertz CT molecular complexity index is 1230. The molecule has 0 aromatic heterocycles. The highest BCUT2D eigenvalue weighted by atomic mass is 31.2. The zero-order valence-corrected chi connectivity index (χ0v) is 51.0. The molecule has 75 heavy (non-hydrogen) atoms. The Kier molecular flexibility index (Phi) is 60.9. The number of rotatable bonds is 64. The third-order valence-electron chi connectivity index (χ3n) is 15.2. The van der Waals surface area contributed by atoms with Crippen LogP contribution >= 0.6 is 7.82 Å². The summed E-state index contributed by atoms with van der Waals surface area (Å²) in [6.07, 6.45) is 73.0. The molecule has 9 nitrogen and oxygen atoms in total. The number of allylic oxidation sites excluding steroid dienone is 2. The number of phosphoric acid groups is 1. The molecule has 0 amide bonds. The van der Waals surface area contributed by atoms with Crippen LogP contribution in [0.1, 0.15) is 361 Å². The van der Waals surface area contributed by atoms with E-state index >= 15 is 0 Å². The molecule has 2 unspecified atom stereocenters. The second-order valence-electron chi connectivity index (χ2n) is 22.7. The highest BCUT2D eigenvalue weighted by Gasteiger charge is 2.26. The predicted octanol–water partition coefficient (Wildman–Crippen LogP) is 21.2. The molecule has 0 spiro atoms. The van der Waals surface area contributed by atoms with Gasteiger partial charge in [0.15, 0.2) is 6.10 Å². The highest BCUT2D eigenvalue weighted by molar-refractivity contribution is 7.47. The van der Waals surface area contributed by atoms with Gasteiger partial charge in [-0.1, -0.05) is 321 Å². The number of hydrogen-bond acceptors (Lipinski definition) is 8. The molecule has 0 aliphatic carbocycles. The van der Waals surface area contributed by atoms with Crippen LogP contribution in [0, 0.1) is 0 Å². The number of ether oxygens (including phenoxy) is 2. The van der Waals surface area contributed by atoms with E-state index in [9.17, 15) is 19.0 Å². The molecule has 2 atom stereocenters. The van der Waals surface area contributed by atoms with Crippen molar-refractivity contribution < 1.29 is 37.6 Å². The summed E-state index contributed by atoms with van der Waals surface area (Å²) >= 11 is 0. The topological polar surface area (TPSA) is 134 Å². The molecule has 0 aromatic carbocycles. The van der Waals surface area contributed by atoms with Crippen LogP contribution in [-0.2, 0) is 32.7 Å². The lowest BCUT2D eigenvalue weighted by molar-refractivity contribution is -0.161. The molecule has 0 aliphatic heterocycles. The lowest BCUT2D eigenvalue weighted by Gasteiger charge is -2.19. The standard InChI is InChI=1S/C65H128NO8P/c1-3-5-7-9-11-13-15-17-19-21-23-25-27-29-30-31-32-34-35-37-39-41-43-45-47-49-51-53-55-57-64(67)71-61-63(62-73-75(69,70)72-60-59-66)74-65(68)58-56-54-52-50-48-46-44-42-40-38-36-33-28-26-24-22-20-18-16-14-12-10-8-6-4-2/h22,24,63H,3-21,23,25-62,66H2,1-2H3,(H,69,70)/b24-22-. The zero-order chi connectivity index (χ0) is 54.5. The maximum atomic E-state index is 12.7. The molecule has 446 valence electrons. The van der Waals surface area contributed by atoms with Crippen molar-refractivity contribution in [3.05, 3.63) is 12.2 Å². The fraction of sp³-hybridized carbons (Fsp3) is 0.938.